The Morgan fingerprint density at radius 1 is 1.15 bits per heavy atom. The Labute approximate surface area is 152 Å². The summed E-state index contributed by atoms with van der Waals surface area (Å²) in [5.74, 6) is 0.247. The van der Waals surface area contributed by atoms with Gasteiger partial charge in [-0.05, 0) is 31.0 Å². The Balaban J connectivity index is 1.70. The van der Waals surface area contributed by atoms with Crippen molar-refractivity contribution >= 4 is 33.3 Å². The molecule has 1 unspecified atom stereocenters. The highest BCUT2D eigenvalue weighted by atomic mass is 32.2. The van der Waals surface area contributed by atoms with Crippen molar-refractivity contribution in [2.75, 3.05) is 34.3 Å². The smallest absolute Gasteiger partial charge is 0.229 e. The normalized spacial score (nSPS) is 17.6. The zero-order valence-corrected chi connectivity index (χ0v) is 15.2. The largest absolute Gasteiger partial charge is 0.340 e. The number of nitrogens with zero attached hydrogens (tertiary/aromatic N) is 3. The quantitative estimate of drug-likeness (QED) is 0.824. The zero-order chi connectivity index (χ0) is 18.6. The van der Waals surface area contributed by atoms with Gasteiger partial charge in [0.1, 0.15) is 0 Å². The van der Waals surface area contributed by atoms with Crippen LogP contribution in [0, 0.1) is 5.92 Å². The maximum absolute atomic E-state index is 12.7. The van der Waals surface area contributed by atoms with Gasteiger partial charge in [-0.2, -0.15) is 0 Å². The summed E-state index contributed by atoms with van der Waals surface area (Å²) in [5.41, 5.74) is 0.790. The molecule has 0 bridgehead atoms. The van der Waals surface area contributed by atoms with Crippen LogP contribution in [0.15, 0.2) is 42.7 Å². The van der Waals surface area contributed by atoms with E-state index in [4.69, 9.17) is 0 Å². The van der Waals surface area contributed by atoms with E-state index in [1.165, 1.54) is 0 Å². The van der Waals surface area contributed by atoms with Crippen molar-refractivity contribution in [1.82, 2.24) is 9.97 Å². The summed E-state index contributed by atoms with van der Waals surface area (Å²) in [6.07, 6.45) is 6.05. The Morgan fingerprint density at radius 3 is 2.54 bits per heavy atom. The van der Waals surface area contributed by atoms with Crippen molar-refractivity contribution in [3.05, 3.63) is 42.7 Å². The summed E-state index contributed by atoms with van der Waals surface area (Å²) < 4.78 is 25.4. The lowest BCUT2D eigenvalue weighted by atomic mass is 9.97. The zero-order valence-electron chi connectivity index (χ0n) is 14.4. The van der Waals surface area contributed by atoms with Gasteiger partial charge in [0.2, 0.25) is 21.9 Å². The van der Waals surface area contributed by atoms with Crippen LogP contribution in [0.25, 0.3) is 0 Å². The molecule has 8 nitrogen and oxygen atoms in total. The lowest BCUT2D eigenvalue weighted by molar-refractivity contribution is -0.120. The molecule has 26 heavy (non-hydrogen) atoms. The monoisotopic (exact) mass is 375 g/mol. The molecule has 1 aromatic carbocycles. The van der Waals surface area contributed by atoms with Gasteiger partial charge in [0.05, 0.1) is 23.5 Å². The standard InChI is InChI=1S/C17H21N5O3S/c1-26(24,25)21-15-8-3-2-7-14(15)20-16(23)13-6-4-11-22(12-13)17-18-9-5-10-19-17/h2-3,5,7-10,13,21H,4,6,11-12H2,1H3,(H,20,23). The van der Waals surface area contributed by atoms with Crippen molar-refractivity contribution < 1.29 is 13.2 Å². The van der Waals surface area contributed by atoms with E-state index in [1.54, 1.807) is 42.7 Å². The predicted octanol–water partition coefficient (Wildman–Crippen LogP) is 1.70. The minimum absolute atomic E-state index is 0.145. The Morgan fingerprint density at radius 2 is 1.85 bits per heavy atom. The molecule has 1 aliphatic rings. The van der Waals surface area contributed by atoms with Gasteiger partial charge in [0.25, 0.3) is 0 Å². The average molecular weight is 375 g/mol. The van der Waals surface area contributed by atoms with Crippen molar-refractivity contribution in [3.8, 4) is 0 Å². The number of nitrogens with one attached hydrogen (secondary N) is 2. The SMILES string of the molecule is CS(=O)(=O)Nc1ccccc1NC(=O)C1CCCN(c2ncccn2)C1. The van der Waals surface area contributed by atoms with E-state index in [1.807, 2.05) is 4.90 Å². The second-order valence-corrected chi connectivity index (χ2v) is 7.99. The number of anilines is 3. The summed E-state index contributed by atoms with van der Waals surface area (Å²) in [6, 6.07) is 8.49. The van der Waals surface area contributed by atoms with E-state index >= 15 is 0 Å². The molecule has 3 rings (SSSR count). The first-order chi connectivity index (χ1) is 12.4. The number of amides is 1. The molecule has 138 valence electrons. The molecule has 1 atom stereocenters. The molecule has 1 saturated heterocycles. The van der Waals surface area contributed by atoms with Crippen LogP contribution in [0.4, 0.5) is 17.3 Å². The van der Waals surface area contributed by atoms with Crippen molar-refractivity contribution in [2.24, 2.45) is 5.92 Å². The first kappa shape index (κ1) is 18.1. The molecular formula is C17H21N5O3S. The summed E-state index contributed by atoms with van der Waals surface area (Å²) in [5, 5.41) is 2.84. The van der Waals surface area contributed by atoms with E-state index in [0.717, 1.165) is 25.6 Å². The van der Waals surface area contributed by atoms with Gasteiger partial charge in [-0.1, -0.05) is 12.1 Å². The third-order valence-electron chi connectivity index (χ3n) is 4.11. The van der Waals surface area contributed by atoms with E-state index in [-0.39, 0.29) is 11.8 Å². The van der Waals surface area contributed by atoms with Gasteiger partial charge in [-0.25, -0.2) is 18.4 Å². The fourth-order valence-corrected chi connectivity index (χ4v) is 3.52. The number of benzene rings is 1. The third-order valence-corrected chi connectivity index (χ3v) is 4.70. The number of carbonyl (C=O) groups is 1. The molecule has 0 radical (unpaired) electrons. The highest BCUT2D eigenvalue weighted by Crippen LogP contribution is 2.25. The van der Waals surface area contributed by atoms with Gasteiger partial charge in [-0.3, -0.25) is 9.52 Å². The fraction of sp³-hybridized carbons (Fsp3) is 0.353. The Hall–Kier alpha value is -2.68. The van der Waals surface area contributed by atoms with E-state index in [0.29, 0.717) is 23.9 Å². The number of rotatable bonds is 5. The van der Waals surface area contributed by atoms with Gasteiger partial charge >= 0.3 is 0 Å². The molecule has 2 heterocycles. The van der Waals surface area contributed by atoms with Crippen LogP contribution in [0.5, 0.6) is 0 Å². The van der Waals surface area contributed by atoms with Crippen molar-refractivity contribution in [3.63, 3.8) is 0 Å². The molecule has 2 aromatic rings. The second kappa shape index (κ2) is 7.69. The van der Waals surface area contributed by atoms with Crippen molar-refractivity contribution in [2.45, 2.75) is 12.8 Å². The molecule has 9 heteroatoms. The van der Waals surface area contributed by atoms with E-state index in [9.17, 15) is 13.2 Å². The van der Waals surface area contributed by atoms with E-state index < -0.39 is 10.0 Å². The molecule has 1 aliphatic heterocycles. The van der Waals surface area contributed by atoms with Gasteiger partial charge < -0.3 is 10.2 Å². The fourth-order valence-electron chi connectivity index (χ4n) is 2.94. The molecule has 2 N–H and O–H groups in total. The summed E-state index contributed by atoms with van der Waals surface area (Å²) in [7, 11) is -3.43. The minimum Gasteiger partial charge on any atom is -0.340 e. The van der Waals surface area contributed by atoms with Crippen LogP contribution >= 0.6 is 0 Å². The van der Waals surface area contributed by atoms with Crippen LogP contribution in [0.3, 0.4) is 0 Å². The number of hydrogen-bond donors (Lipinski definition) is 2. The third kappa shape index (κ3) is 4.69. The molecule has 0 saturated carbocycles. The van der Waals surface area contributed by atoms with Crippen molar-refractivity contribution in [1.29, 1.82) is 0 Å². The first-order valence-electron chi connectivity index (χ1n) is 8.32. The molecule has 1 amide bonds. The molecule has 1 aromatic heterocycles. The number of para-hydroxylation sites is 2. The number of sulfonamides is 1. The van der Waals surface area contributed by atoms with Crippen LogP contribution in [0.1, 0.15) is 12.8 Å². The molecule has 0 spiro atoms. The molecule has 1 fully saturated rings. The van der Waals surface area contributed by atoms with E-state index in [2.05, 4.69) is 20.0 Å². The first-order valence-corrected chi connectivity index (χ1v) is 10.2. The van der Waals surface area contributed by atoms with Crippen LogP contribution in [-0.4, -0.2) is 43.6 Å². The number of carbonyl (C=O) groups excluding carboxylic acids is 1. The predicted molar refractivity (Wildman–Crippen MR) is 101 cm³/mol. The van der Waals surface area contributed by atoms with Crippen LogP contribution < -0.4 is 14.9 Å². The number of hydrogen-bond acceptors (Lipinski definition) is 6. The highest BCUT2D eigenvalue weighted by molar-refractivity contribution is 7.92. The summed E-state index contributed by atoms with van der Waals surface area (Å²) >= 11 is 0. The van der Waals surface area contributed by atoms with Gasteiger partial charge in [0, 0.05) is 25.5 Å². The maximum atomic E-state index is 12.7. The van der Waals surface area contributed by atoms with Crippen LogP contribution in [0.2, 0.25) is 0 Å². The number of aromatic nitrogens is 2. The average Bonchev–Trinajstić information content (AvgIpc) is 2.63. The maximum Gasteiger partial charge on any atom is 0.229 e. The topological polar surface area (TPSA) is 104 Å². The molecular weight excluding hydrogens is 354 g/mol. The second-order valence-electron chi connectivity index (χ2n) is 6.24. The highest BCUT2D eigenvalue weighted by Gasteiger charge is 2.27. The van der Waals surface area contributed by atoms with Gasteiger partial charge in [0.15, 0.2) is 0 Å². The molecule has 0 aliphatic carbocycles. The number of piperidine rings is 1. The lowest BCUT2D eigenvalue weighted by Gasteiger charge is -2.32. The van der Waals surface area contributed by atoms with Crippen LogP contribution in [-0.2, 0) is 14.8 Å². The lowest BCUT2D eigenvalue weighted by Crippen LogP contribution is -2.41. The summed E-state index contributed by atoms with van der Waals surface area (Å²) in [4.78, 5) is 23.2. The summed E-state index contributed by atoms with van der Waals surface area (Å²) in [6.45, 7) is 1.33. The Kier molecular flexibility index (Phi) is 5.36. The van der Waals surface area contributed by atoms with Gasteiger partial charge in [-0.15, -0.1) is 0 Å². The Bertz CT molecular complexity index is 873. The minimum atomic E-state index is -3.43.